The highest BCUT2D eigenvalue weighted by Crippen LogP contribution is 2.39. The number of amides is 1. The molecule has 0 aliphatic heterocycles. The van der Waals surface area contributed by atoms with Crippen molar-refractivity contribution in [1.29, 1.82) is 0 Å². The van der Waals surface area contributed by atoms with Crippen LogP contribution in [0.3, 0.4) is 0 Å². The average Bonchev–Trinajstić information content (AvgIpc) is 3.27. The number of hydrogen-bond donors (Lipinski definition) is 2. The van der Waals surface area contributed by atoms with Gasteiger partial charge in [-0.05, 0) is 35.8 Å². The van der Waals surface area contributed by atoms with Crippen LogP contribution in [0.4, 0.5) is 0 Å². The van der Waals surface area contributed by atoms with Gasteiger partial charge in [0, 0.05) is 68.2 Å². The van der Waals surface area contributed by atoms with E-state index in [4.69, 9.17) is 16.3 Å². The first-order valence-corrected chi connectivity index (χ1v) is 13.0. The lowest BCUT2D eigenvalue weighted by molar-refractivity contribution is -0.123. The van der Waals surface area contributed by atoms with Crippen LogP contribution in [0.15, 0.2) is 79.1 Å². The Kier molecular flexibility index (Phi) is 9.30. The second-order valence-corrected chi connectivity index (χ2v) is 9.24. The van der Waals surface area contributed by atoms with E-state index in [-0.39, 0.29) is 5.91 Å². The van der Waals surface area contributed by atoms with Crippen molar-refractivity contribution >= 4 is 39.7 Å². The maximum atomic E-state index is 11.6. The van der Waals surface area contributed by atoms with Gasteiger partial charge in [0.05, 0.1) is 10.7 Å². The number of ether oxygens (including phenoxy) is 1. The zero-order valence-electron chi connectivity index (χ0n) is 21.9. The number of carbonyl (C=O) groups is 1. The molecule has 0 atom stereocenters. The summed E-state index contributed by atoms with van der Waals surface area (Å²) in [4.78, 5) is 25.6. The molecule has 7 nitrogen and oxygen atoms in total. The molecule has 8 heteroatoms. The van der Waals surface area contributed by atoms with Gasteiger partial charge in [0.1, 0.15) is 12.3 Å². The molecule has 0 radical (unpaired) electrons. The van der Waals surface area contributed by atoms with Crippen molar-refractivity contribution in [1.82, 2.24) is 25.2 Å². The zero-order chi connectivity index (χ0) is 26.9. The molecule has 1 aromatic carbocycles. The van der Waals surface area contributed by atoms with Gasteiger partial charge in [0.25, 0.3) is 0 Å². The maximum Gasteiger partial charge on any atom is 0.245 e. The molecule has 0 saturated heterocycles. The monoisotopic (exact) mass is 529 g/mol. The lowest BCUT2D eigenvalue weighted by Gasteiger charge is -2.15. The summed E-state index contributed by atoms with van der Waals surface area (Å²) in [5.41, 5.74) is 5.76. The number of hydrogen-bond acceptors (Lipinski definition) is 5. The summed E-state index contributed by atoms with van der Waals surface area (Å²) in [5.74, 6) is 0.500. The number of nitrogens with zero attached hydrogens (tertiary/aromatic N) is 3. The number of benzene rings is 1. The maximum absolute atomic E-state index is 11.6. The van der Waals surface area contributed by atoms with Gasteiger partial charge in [-0.25, -0.2) is 9.97 Å². The molecule has 0 unspecified atom stereocenters. The first-order valence-electron chi connectivity index (χ1n) is 12.6. The van der Waals surface area contributed by atoms with Crippen molar-refractivity contribution in [3.8, 4) is 5.88 Å². The fourth-order valence-electron chi connectivity index (χ4n) is 4.13. The molecule has 4 aromatic rings. The summed E-state index contributed by atoms with van der Waals surface area (Å²) < 4.78 is 5.82. The minimum absolute atomic E-state index is 0.0377. The van der Waals surface area contributed by atoms with E-state index in [2.05, 4.69) is 39.3 Å². The van der Waals surface area contributed by atoms with Crippen molar-refractivity contribution in [2.75, 3.05) is 33.8 Å². The number of nitrogens with one attached hydrogen (secondary N) is 2. The molecule has 0 aliphatic carbocycles. The molecular weight excluding hydrogens is 498 g/mol. The summed E-state index contributed by atoms with van der Waals surface area (Å²) in [7, 11) is 3.45. The topological polar surface area (TPSA) is 83.1 Å². The highest BCUT2D eigenvalue weighted by atomic mass is 35.5. The largest absolute Gasteiger partial charge is 0.476 e. The molecule has 0 fully saturated rings. The number of allylic oxidation sites excluding steroid dienone is 1. The summed E-state index contributed by atoms with van der Waals surface area (Å²) >= 11 is 6.89. The van der Waals surface area contributed by atoms with Gasteiger partial charge >= 0.3 is 0 Å². The van der Waals surface area contributed by atoms with Crippen LogP contribution in [-0.4, -0.2) is 59.6 Å². The minimum Gasteiger partial charge on any atom is -0.476 e. The third kappa shape index (κ3) is 6.49. The standard InChI is InChI=1S/C30H32ClN5O2/c1-4-23(21-10-6-5-7-11-21)27(29-28(31)24-12-8-17-33-30(24)35-29)22-14-15-25(34-20-22)38-19-18-32-16-9-13-26(37)36(2)3/h5-15,17,20,32H,4,16,18-19H2,1-3H3,(H,33,35)/b13-9+,27-23+. The van der Waals surface area contributed by atoms with E-state index in [1.165, 1.54) is 4.90 Å². The molecule has 196 valence electrons. The number of aromatic amines is 1. The van der Waals surface area contributed by atoms with Crippen LogP contribution in [-0.2, 0) is 4.79 Å². The van der Waals surface area contributed by atoms with Crippen LogP contribution in [0.5, 0.6) is 5.88 Å². The Morgan fingerprint density at radius 1 is 1.08 bits per heavy atom. The van der Waals surface area contributed by atoms with E-state index in [1.54, 1.807) is 32.4 Å². The molecule has 3 heterocycles. The molecule has 0 saturated carbocycles. The molecule has 38 heavy (non-hydrogen) atoms. The minimum atomic E-state index is -0.0377. The normalized spacial score (nSPS) is 12.1. The van der Waals surface area contributed by atoms with Gasteiger partial charge in [-0.15, -0.1) is 0 Å². The zero-order valence-corrected chi connectivity index (χ0v) is 22.6. The van der Waals surface area contributed by atoms with E-state index in [9.17, 15) is 4.79 Å². The second kappa shape index (κ2) is 13.0. The Labute approximate surface area is 228 Å². The highest BCUT2D eigenvalue weighted by molar-refractivity contribution is 6.37. The molecule has 0 spiro atoms. The number of pyridine rings is 2. The summed E-state index contributed by atoms with van der Waals surface area (Å²) in [6.07, 6.45) is 7.72. The molecule has 0 aliphatic rings. The Bertz CT molecular complexity index is 1430. The lowest BCUT2D eigenvalue weighted by atomic mass is 9.91. The Hall–Kier alpha value is -3.94. The number of halogens is 1. The number of H-pyrrole nitrogens is 1. The van der Waals surface area contributed by atoms with E-state index in [0.717, 1.165) is 45.4 Å². The molecule has 4 rings (SSSR count). The Morgan fingerprint density at radius 3 is 2.58 bits per heavy atom. The van der Waals surface area contributed by atoms with Crippen LogP contribution in [0.1, 0.15) is 30.2 Å². The van der Waals surface area contributed by atoms with Crippen LogP contribution in [0, 0.1) is 0 Å². The van der Waals surface area contributed by atoms with Crippen molar-refractivity contribution in [2.45, 2.75) is 13.3 Å². The van der Waals surface area contributed by atoms with Crippen molar-refractivity contribution < 1.29 is 9.53 Å². The van der Waals surface area contributed by atoms with Gasteiger partial charge in [0.2, 0.25) is 11.8 Å². The molecule has 0 bridgehead atoms. The summed E-state index contributed by atoms with van der Waals surface area (Å²) in [5, 5.41) is 4.74. The van der Waals surface area contributed by atoms with E-state index in [0.29, 0.717) is 30.6 Å². The molecular formula is C30H32ClN5O2. The predicted octanol–water partition coefficient (Wildman–Crippen LogP) is 5.59. The summed E-state index contributed by atoms with van der Waals surface area (Å²) in [6, 6.07) is 18.0. The number of carbonyl (C=O) groups excluding carboxylic acids is 1. The Morgan fingerprint density at radius 2 is 1.89 bits per heavy atom. The quantitative estimate of drug-likeness (QED) is 0.195. The Balaban J connectivity index is 1.54. The fourth-order valence-corrected chi connectivity index (χ4v) is 4.43. The van der Waals surface area contributed by atoms with E-state index < -0.39 is 0 Å². The van der Waals surface area contributed by atoms with Gasteiger partial charge in [-0.2, -0.15) is 0 Å². The lowest BCUT2D eigenvalue weighted by Crippen LogP contribution is -2.22. The van der Waals surface area contributed by atoms with Crippen molar-refractivity contribution in [2.24, 2.45) is 0 Å². The van der Waals surface area contributed by atoms with Gasteiger partial charge in [0.15, 0.2) is 0 Å². The first kappa shape index (κ1) is 27.1. The second-order valence-electron chi connectivity index (χ2n) is 8.86. The predicted molar refractivity (Wildman–Crippen MR) is 154 cm³/mol. The van der Waals surface area contributed by atoms with Gasteiger partial charge in [-0.1, -0.05) is 54.9 Å². The number of aromatic nitrogens is 3. The first-order chi connectivity index (χ1) is 18.5. The SMILES string of the molecule is CC/C(=C(/c1ccc(OCCNC/C=C/C(=O)N(C)C)nc1)c1[nH]c2ncccc2c1Cl)c1ccccc1. The van der Waals surface area contributed by atoms with Gasteiger partial charge < -0.3 is 19.9 Å². The number of likely N-dealkylation sites (N-methyl/N-ethyl adjacent to an activating group) is 1. The van der Waals surface area contributed by atoms with Crippen LogP contribution < -0.4 is 10.1 Å². The summed E-state index contributed by atoms with van der Waals surface area (Å²) in [6.45, 7) is 3.80. The highest BCUT2D eigenvalue weighted by Gasteiger charge is 2.20. The van der Waals surface area contributed by atoms with Crippen molar-refractivity contribution in [3.05, 3.63) is 101 Å². The fraction of sp³-hybridized carbons (Fsp3) is 0.233. The number of fused-ring (bicyclic) bond motifs is 1. The van der Waals surface area contributed by atoms with Crippen LogP contribution in [0.2, 0.25) is 5.02 Å². The van der Waals surface area contributed by atoms with E-state index in [1.807, 2.05) is 48.7 Å². The molecule has 1 amide bonds. The third-order valence-electron chi connectivity index (χ3n) is 6.05. The smallest absolute Gasteiger partial charge is 0.245 e. The molecule has 3 aromatic heterocycles. The number of rotatable bonds is 11. The average molecular weight is 530 g/mol. The van der Waals surface area contributed by atoms with Crippen molar-refractivity contribution in [3.63, 3.8) is 0 Å². The van der Waals surface area contributed by atoms with Crippen LogP contribution in [0.25, 0.3) is 22.2 Å². The van der Waals surface area contributed by atoms with Crippen LogP contribution >= 0.6 is 11.6 Å². The third-order valence-corrected chi connectivity index (χ3v) is 6.44. The molecule has 2 N–H and O–H groups in total. The van der Waals surface area contributed by atoms with Gasteiger partial charge in [-0.3, -0.25) is 4.79 Å². The van der Waals surface area contributed by atoms with E-state index >= 15 is 0 Å².